The molecule has 35 heavy (non-hydrogen) atoms. The number of hydrogen-bond acceptors (Lipinski definition) is 4. The summed E-state index contributed by atoms with van der Waals surface area (Å²) in [6.07, 6.45) is 0.764. The Morgan fingerprint density at radius 2 is 1.34 bits per heavy atom. The smallest absolute Gasteiger partial charge is 0.253 e. The molecular weight excluding hydrogens is 450 g/mol. The summed E-state index contributed by atoms with van der Waals surface area (Å²) in [7, 11) is 0. The van der Waals surface area contributed by atoms with Crippen molar-refractivity contribution in [2.24, 2.45) is 0 Å². The van der Waals surface area contributed by atoms with E-state index in [-0.39, 0.29) is 30.7 Å². The molecule has 1 saturated carbocycles. The van der Waals surface area contributed by atoms with Gasteiger partial charge in [-0.05, 0) is 49.2 Å². The van der Waals surface area contributed by atoms with Gasteiger partial charge in [0.2, 0.25) is 5.92 Å². The van der Waals surface area contributed by atoms with Crippen LogP contribution in [0.25, 0.3) is 0 Å². The van der Waals surface area contributed by atoms with Gasteiger partial charge in [-0.3, -0.25) is 14.5 Å². The Morgan fingerprint density at radius 3 is 1.97 bits per heavy atom. The lowest BCUT2D eigenvalue weighted by molar-refractivity contribution is -0.0361. The predicted molar refractivity (Wildman–Crippen MR) is 131 cm³/mol. The molecule has 186 valence electrons. The molecule has 2 aliphatic heterocycles. The molecule has 1 aliphatic carbocycles. The van der Waals surface area contributed by atoms with E-state index >= 15 is 0 Å². The molecule has 2 saturated heterocycles. The number of amides is 2. The second kappa shape index (κ2) is 9.93. The lowest BCUT2D eigenvalue weighted by Crippen LogP contribution is -2.64. The first-order valence-corrected chi connectivity index (χ1v) is 12.5. The van der Waals surface area contributed by atoms with Gasteiger partial charge in [0.25, 0.3) is 11.8 Å². The summed E-state index contributed by atoms with van der Waals surface area (Å²) in [5.41, 5.74) is 2.23. The summed E-state index contributed by atoms with van der Waals surface area (Å²) in [5, 5.41) is 3.32. The molecule has 3 aliphatic rings. The topological polar surface area (TPSA) is 55.9 Å². The third-order valence-electron chi connectivity index (χ3n) is 7.51. The van der Waals surface area contributed by atoms with Crippen LogP contribution >= 0.6 is 0 Å². The Labute approximate surface area is 204 Å². The number of halogens is 2. The summed E-state index contributed by atoms with van der Waals surface area (Å²) in [6.45, 7) is 4.43. The quantitative estimate of drug-likeness (QED) is 0.701. The zero-order valence-corrected chi connectivity index (χ0v) is 19.8. The molecule has 1 N–H and O–H groups in total. The minimum atomic E-state index is -2.53. The zero-order chi connectivity index (χ0) is 24.4. The van der Waals surface area contributed by atoms with Crippen LogP contribution < -0.4 is 5.32 Å². The molecule has 2 amide bonds. The minimum absolute atomic E-state index is 0.0167. The van der Waals surface area contributed by atoms with Crippen molar-refractivity contribution in [3.8, 4) is 0 Å². The molecular formula is C27H32F2N4O2. The van der Waals surface area contributed by atoms with Gasteiger partial charge in [0.1, 0.15) is 0 Å². The van der Waals surface area contributed by atoms with E-state index in [1.165, 1.54) is 0 Å². The van der Waals surface area contributed by atoms with E-state index in [2.05, 4.69) is 10.2 Å². The van der Waals surface area contributed by atoms with Gasteiger partial charge in [0, 0.05) is 81.0 Å². The maximum absolute atomic E-state index is 13.3. The fourth-order valence-electron chi connectivity index (χ4n) is 5.22. The van der Waals surface area contributed by atoms with Gasteiger partial charge in [-0.25, -0.2) is 8.78 Å². The molecule has 8 heteroatoms. The van der Waals surface area contributed by atoms with Gasteiger partial charge in [-0.1, -0.05) is 18.2 Å². The SMILES string of the molecule is O=C(c1ccccc1)N1CCN(C2CN(C(=O)c3ccc(NC4CCC(F)(F)CC4)cc3)C2)CC1. The van der Waals surface area contributed by atoms with Crippen LogP contribution in [-0.4, -0.2) is 83.8 Å². The first kappa shape index (κ1) is 23.7. The number of nitrogens with zero attached hydrogens (tertiary/aromatic N) is 3. The van der Waals surface area contributed by atoms with Crippen molar-refractivity contribution < 1.29 is 18.4 Å². The summed E-state index contributed by atoms with van der Waals surface area (Å²) in [4.78, 5) is 31.7. The van der Waals surface area contributed by atoms with Crippen LogP contribution in [0.3, 0.4) is 0 Å². The summed E-state index contributed by atoms with van der Waals surface area (Å²) in [5.74, 6) is -2.44. The number of benzene rings is 2. The Kier molecular flexibility index (Phi) is 6.73. The second-order valence-electron chi connectivity index (χ2n) is 9.91. The minimum Gasteiger partial charge on any atom is -0.382 e. The van der Waals surface area contributed by atoms with E-state index in [4.69, 9.17) is 0 Å². The summed E-state index contributed by atoms with van der Waals surface area (Å²) < 4.78 is 26.7. The van der Waals surface area contributed by atoms with Crippen molar-refractivity contribution in [3.05, 3.63) is 65.7 Å². The Balaban J connectivity index is 1.06. The number of anilines is 1. The van der Waals surface area contributed by atoms with Crippen LogP contribution in [0.5, 0.6) is 0 Å². The number of piperazine rings is 1. The monoisotopic (exact) mass is 482 g/mol. The molecule has 0 bridgehead atoms. The molecule has 0 unspecified atom stereocenters. The normalized spacial score (nSPS) is 21.4. The number of nitrogens with one attached hydrogen (secondary N) is 1. The first-order chi connectivity index (χ1) is 16.9. The van der Waals surface area contributed by atoms with Crippen LogP contribution in [0.15, 0.2) is 54.6 Å². The Morgan fingerprint density at radius 1 is 0.771 bits per heavy atom. The van der Waals surface area contributed by atoms with Crippen molar-refractivity contribution in [1.29, 1.82) is 0 Å². The van der Waals surface area contributed by atoms with Crippen LogP contribution in [0.2, 0.25) is 0 Å². The van der Waals surface area contributed by atoms with Gasteiger partial charge >= 0.3 is 0 Å². The van der Waals surface area contributed by atoms with Gasteiger partial charge in [-0.2, -0.15) is 0 Å². The molecule has 2 aromatic rings. The van der Waals surface area contributed by atoms with Crippen molar-refractivity contribution in [3.63, 3.8) is 0 Å². The molecule has 2 heterocycles. The van der Waals surface area contributed by atoms with Crippen LogP contribution in [0, 0.1) is 0 Å². The van der Waals surface area contributed by atoms with Gasteiger partial charge in [0.15, 0.2) is 0 Å². The highest BCUT2D eigenvalue weighted by Gasteiger charge is 2.37. The van der Waals surface area contributed by atoms with E-state index in [0.29, 0.717) is 50.6 Å². The number of carbonyl (C=O) groups is 2. The van der Waals surface area contributed by atoms with Crippen LogP contribution in [-0.2, 0) is 0 Å². The highest BCUT2D eigenvalue weighted by Crippen LogP contribution is 2.34. The standard InChI is InChI=1S/C27H32F2N4O2/c28-27(29)12-10-23(11-13-27)30-22-8-6-21(7-9-22)26(35)33-18-24(19-33)31-14-16-32(17-15-31)25(34)20-4-2-1-3-5-20/h1-9,23-24,30H,10-19H2. The molecule has 0 spiro atoms. The van der Waals surface area contributed by atoms with E-state index in [0.717, 1.165) is 24.3 Å². The molecule has 0 radical (unpaired) electrons. The van der Waals surface area contributed by atoms with E-state index < -0.39 is 5.92 Å². The molecule has 3 fully saturated rings. The number of rotatable bonds is 5. The fourth-order valence-corrected chi connectivity index (χ4v) is 5.22. The number of likely N-dealkylation sites (tertiary alicyclic amines) is 1. The average Bonchev–Trinajstić information content (AvgIpc) is 2.85. The van der Waals surface area contributed by atoms with Gasteiger partial charge in [-0.15, -0.1) is 0 Å². The molecule has 6 nitrogen and oxygen atoms in total. The maximum Gasteiger partial charge on any atom is 0.253 e. The van der Waals surface area contributed by atoms with E-state index in [9.17, 15) is 18.4 Å². The number of alkyl halides is 2. The van der Waals surface area contributed by atoms with E-state index in [1.54, 1.807) is 0 Å². The number of carbonyl (C=O) groups excluding carboxylic acids is 2. The molecule has 5 rings (SSSR count). The molecule has 2 aromatic carbocycles. The van der Waals surface area contributed by atoms with E-state index in [1.807, 2.05) is 64.4 Å². The Hall–Kier alpha value is -3.00. The largest absolute Gasteiger partial charge is 0.382 e. The molecule has 0 aromatic heterocycles. The zero-order valence-electron chi connectivity index (χ0n) is 19.8. The van der Waals surface area contributed by atoms with Crippen molar-refractivity contribution in [2.75, 3.05) is 44.6 Å². The van der Waals surface area contributed by atoms with Crippen LogP contribution in [0.4, 0.5) is 14.5 Å². The third-order valence-corrected chi connectivity index (χ3v) is 7.51. The maximum atomic E-state index is 13.3. The Bertz CT molecular complexity index is 1020. The summed E-state index contributed by atoms with van der Waals surface area (Å²) in [6, 6.07) is 17.1. The average molecular weight is 483 g/mol. The predicted octanol–water partition coefficient (Wildman–Crippen LogP) is 3.96. The highest BCUT2D eigenvalue weighted by molar-refractivity contribution is 5.95. The van der Waals surface area contributed by atoms with Crippen molar-refractivity contribution in [2.45, 2.75) is 43.7 Å². The lowest BCUT2D eigenvalue weighted by atomic mass is 9.92. The van der Waals surface area contributed by atoms with Crippen molar-refractivity contribution in [1.82, 2.24) is 14.7 Å². The third kappa shape index (κ3) is 5.48. The number of hydrogen-bond donors (Lipinski definition) is 1. The van der Waals surface area contributed by atoms with Gasteiger partial charge < -0.3 is 15.1 Å². The van der Waals surface area contributed by atoms with Crippen LogP contribution in [0.1, 0.15) is 46.4 Å². The lowest BCUT2D eigenvalue weighted by Gasteiger charge is -2.48. The molecule has 0 atom stereocenters. The highest BCUT2D eigenvalue weighted by atomic mass is 19.3. The van der Waals surface area contributed by atoms with Crippen molar-refractivity contribution >= 4 is 17.5 Å². The fraction of sp³-hybridized carbons (Fsp3) is 0.481. The van der Waals surface area contributed by atoms with Gasteiger partial charge in [0.05, 0.1) is 0 Å². The summed E-state index contributed by atoms with van der Waals surface area (Å²) >= 11 is 0. The second-order valence-corrected chi connectivity index (χ2v) is 9.91. The first-order valence-electron chi connectivity index (χ1n) is 12.5.